The second-order valence-corrected chi connectivity index (χ2v) is 16.5. The second-order valence-electron chi connectivity index (χ2n) is 16.5. The van der Waals surface area contributed by atoms with Crippen LogP contribution in [-0.4, -0.2) is 80.5 Å². The van der Waals surface area contributed by atoms with E-state index >= 15 is 0 Å². The summed E-state index contributed by atoms with van der Waals surface area (Å²) in [4.78, 5) is 71.7. The van der Waals surface area contributed by atoms with Gasteiger partial charge < -0.3 is 45.1 Å². The Bertz CT molecular complexity index is 3060. The largest absolute Gasteiger partial charge is 1.00 e. The maximum Gasteiger partial charge on any atom is 1.00 e. The molecule has 8 rings (SSSR count). The number of carbonyl (C=O) groups is 4. The Morgan fingerprint density at radius 3 is 1.32 bits per heavy atom. The molecule has 378 valence electrons. The van der Waals surface area contributed by atoms with Crippen LogP contribution in [0.1, 0.15) is 99.6 Å². The number of nitrogens with zero attached hydrogens (tertiary/aromatic N) is 6. The van der Waals surface area contributed by atoms with Crippen molar-refractivity contribution in [2.75, 3.05) is 17.7 Å². The van der Waals surface area contributed by atoms with Crippen LogP contribution in [0.4, 0.5) is 20.2 Å². The van der Waals surface area contributed by atoms with Gasteiger partial charge in [-0.25, -0.2) is 28.7 Å². The van der Waals surface area contributed by atoms with Gasteiger partial charge in [-0.1, -0.05) is 39.1 Å². The van der Waals surface area contributed by atoms with Crippen molar-refractivity contribution < 1.29 is 62.1 Å². The molecule has 4 heterocycles. The van der Waals surface area contributed by atoms with E-state index in [0.29, 0.717) is 65.1 Å². The van der Waals surface area contributed by atoms with E-state index in [4.69, 9.17) is 5.11 Å². The van der Waals surface area contributed by atoms with Crippen LogP contribution in [0.3, 0.4) is 0 Å². The van der Waals surface area contributed by atoms with Gasteiger partial charge in [-0.2, -0.15) is 0 Å². The van der Waals surface area contributed by atoms with Crippen molar-refractivity contribution in [3.63, 3.8) is 0 Å². The Hall–Kier alpha value is -7.98. The molecule has 0 bridgehead atoms. The van der Waals surface area contributed by atoms with Gasteiger partial charge in [0.05, 0.1) is 43.5 Å². The van der Waals surface area contributed by atoms with Crippen LogP contribution in [0, 0.1) is 11.6 Å². The smallest absolute Gasteiger partial charge is 0.870 e. The number of halogens is 2. The van der Waals surface area contributed by atoms with Gasteiger partial charge in [0.15, 0.2) is 11.6 Å². The van der Waals surface area contributed by atoms with Gasteiger partial charge in [0.1, 0.15) is 34.4 Å². The quantitative estimate of drug-likeness (QED) is 0.0458. The minimum atomic E-state index is -0.853. The van der Waals surface area contributed by atoms with Gasteiger partial charge in [-0.05, 0) is 124 Å². The number of hydrogen-bond acceptors (Lipinski definition) is 10. The Kier molecular flexibility index (Phi) is 22.0. The molecular weight excluding hydrogens is 934 g/mol. The van der Waals surface area contributed by atoms with Gasteiger partial charge in [0.2, 0.25) is 0 Å². The monoisotopic (exact) mass is 992 g/mol. The van der Waals surface area contributed by atoms with E-state index in [9.17, 15) is 28.0 Å². The molecule has 2 amide bonds. The van der Waals surface area contributed by atoms with Crippen molar-refractivity contribution >= 4 is 35.1 Å². The molecule has 4 aromatic heterocycles. The Balaban J connectivity index is 0.000000365. The molecule has 0 aliphatic heterocycles. The number of H-pyrrole nitrogens is 2. The summed E-state index contributed by atoms with van der Waals surface area (Å²) < 4.78 is 35.4. The number of aromatic nitrogens is 8. The van der Waals surface area contributed by atoms with Crippen LogP contribution in [-0.2, 0) is 27.2 Å². The number of aromatic amines is 2. The number of anilines is 2. The first-order valence-corrected chi connectivity index (χ1v) is 22.0. The molecule has 0 fully saturated rings. The van der Waals surface area contributed by atoms with Crippen LogP contribution in [0.2, 0.25) is 0 Å². The van der Waals surface area contributed by atoms with Crippen LogP contribution in [0.5, 0.6) is 0 Å². The van der Waals surface area contributed by atoms with Crippen molar-refractivity contribution in [2.45, 2.75) is 80.3 Å². The number of carboxylic acids is 1. The van der Waals surface area contributed by atoms with Crippen molar-refractivity contribution in [1.29, 1.82) is 0 Å². The first-order valence-electron chi connectivity index (χ1n) is 22.0. The third kappa shape index (κ3) is 15.0. The molecule has 0 atom stereocenters. The number of nitrogens with one attached hydrogen (secondary N) is 4. The number of aryl methyl sites for hydroxylation is 2. The number of hydrogen-bond donors (Lipinski definition) is 5. The van der Waals surface area contributed by atoms with Gasteiger partial charge in [-0.3, -0.25) is 19.2 Å². The number of imidazole rings is 4. The van der Waals surface area contributed by atoms with Gasteiger partial charge in [0.25, 0.3) is 11.8 Å². The normalized spacial score (nSPS) is 10.4. The average molecular weight is 993 g/mol. The predicted octanol–water partition coefficient (Wildman–Crippen LogP) is 8.05. The van der Waals surface area contributed by atoms with E-state index in [1.54, 1.807) is 73.3 Å². The molecule has 73 heavy (non-hydrogen) atoms. The summed E-state index contributed by atoms with van der Waals surface area (Å²) in [5.41, 5.74) is 7.76. The summed E-state index contributed by atoms with van der Waals surface area (Å²) in [6.07, 6.45) is 7.68. The van der Waals surface area contributed by atoms with Crippen LogP contribution in [0.15, 0.2) is 122 Å². The van der Waals surface area contributed by atoms with E-state index in [-0.39, 0.29) is 98.5 Å². The predicted molar refractivity (Wildman–Crippen MR) is 272 cm³/mol. The number of carboxylic acid groups (broad SMARTS) is 1. The van der Waals surface area contributed by atoms with Crippen molar-refractivity contribution in [1.82, 2.24) is 39.0 Å². The number of ether oxygens (including phenoxy) is 1. The third-order valence-corrected chi connectivity index (χ3v) is 10.9. The molecule has 8 aromatic rings. The molecule has 4 aromatic carbocycles. The molecule has 0 saturated heterocycles. The number of benzene rings is 4. The number of rotatable bonds is 16. The van der Waals surface area contributed by atoms with E-state index in [1.165, 1.54) is 43.8 Å². The fourth-order valence-electron chi connectivity index (χ4n) is 7.23. The summed E-state index contributed by atoms with van der Waals surface area (Å²) >= 11 is 0. The first-order chi connectivity index (χ1) is 33.2. The fraction of sp³-hybridized carbons (Fsp3) is 0.245. The molecule has 17 nitrogen and oxygen atoms in total. The number of amides is 2. The fourth-order valence-corrected chi connectivity index (χ4v) is 7.23. The molecule has 0 aliphatic carbocycles. The van der Waals surface area contributed by atoms with Crippen molar-refractivity contribution in [3.8, 4) is 45.6 Å². The Morgan fingerprint density at radius 1 is 0.603 bits per heavy atom. The maximum absolute atomic E-state index is 13.4. The van der Waals surface area contributed by atoms with Crippen LogP contribution >= 0.6 is 0 Å². The average Bonchev–Trinajstić information content (AvgIpc) is 4.18. The van der Waals surface area contributed by atoms with Crippen molar-refractivity contribution in [2.24, 2.45) is 0 Å². The minimum Gasteiger partial charge on any atom is -0.870 e. The molecule has 6 N–H and O–H groups in total. The zero-order valence-electron chi connectivity index (χ0n) is 39.9. The molecule has 0 aliphatic rings. The summed E-state index contributed by atoms with van der Waals surface area (Å²) in [5.74, 6) is -1.53. The van der Waals surface area contributed by atoms with Crippen LogP contribution < -0.4 is 29.5 Å². The molecule has 0 unspecified atom stereocenters. The first kappa shape index (κ1) is 59.3. The Morgan fingerprint density at radius 2 is 0.973 bits per heavy atom. The molecule has 0 saturated carbocycles. The van der Waals surface area contributed by atoms with Gasteiger partial charge in [-0.15, -0.1) is 0 Å². The van der Waals surface area contributed by atoms with E-state index in [1.807, 2.05) is 49.0 Å². The second kappa shape index (κ2) is 27.0. The Labute approximate surface area is 434 Å². The van der Waals surface area contributed by atoms with E-state index in [0.717, 1.165) is 22.3 Å². The zero-order valence-corrected chi connectivity index (χ0v) is 39.9. The van der Waals surface area contributed by atoms with Gasteiger partial charge >= 0.3 is 30.8 Å². The summed E-state index contributed by atoms with van der Waals surface area (Å²) in [7, 11) is 1.36. The maximum atomic E-state index is 13.4. The van der Waals surface area contributed by atoms with Gasteiger partial charge in [0, 0.05) is 47.4 Å². The zero-order chi connectivity index (χ0) is 49.2. The summed E-state index contributed by atoms with van der Waals surface area (Å²) in [6, 6.07) is 26.6. The number of aliphatic carboxylic acids is 1. The topological polar surface area (TPSA) is 245 Å². The van der Waals surface area contributed by atoms with Crippen LogP contribution in [0.25, 0.3) is 45.6 Å². The number of esters is 1. The molecule has 0 radical (unpaired) electrons. The number of methoxy groups -OCH3 is 1. The molecular formula is C53H59F2LiN10O7. The SMILES string of the molecule is C.C.CC(C)n1cnc(-c2ccc(F)cc2)c1-c1ncc(C(=O)Nc2ccc(CCC(=O)O)cc2)[nH]1.COC(=O)CCc1ccc(NC(=O)c2cnc(-c3c(-c4ccc(F)cc4)ncn3C(C)C)[nH]2)cc1.[Li+].[OH-]. The standard InChI is InChI=1S/C26H26FN5O3.C25H24FN5O3.2CH4.Li.H2O/c1-16(2)32-15-29-23(18-7-9-19(27)10-8-18)24(32)25-28-14-21(31-25)26(34)30-20-11-4-17(5-12-20)6-13-22(33)35-3;1-15(2)31-14-28-22(17-6-8-18(26)9-7-17)23(31)24-27-13-20(30-24)25(34)29-19-10-3-16(4-11-19)5-12-21(32)33;;;;/h4-5,7-12,14-16H,6,13H2,1-3H3,(H,28,31)(H,30,34);3-4,6-11,13-15H,5,12H2,1-2H3,(H,27,30)(H,29,34)(H,32,33);2*1H4;;1H2/q;;;;+1;/p-1. The summed E-state index contributed by atoms with van der Waals surface area (Å²) in [6.45, 7) is 8.06. The molecule has 0 spiro atoms. The number of carbonyl (C=O) groups excluding carboxylic acids is 3. The van der Waals surface area contributed by atoms with E-state index < -0.39 is 5.97 Å². The minimum absolute atomic E-state index is 0. The summed E-state index contributed by atoms with van der Waals surface area (Å²) in [5, 5.41) is 14.5. The third-order valence-electron chi connectivity index (χ3n) is 10.9. The van der Waals surface area contributed by atoms with E-state index in [2.05, 4.69) is 45.3 Å². The van der Waals surface area contributed by atoms with Crippen molar-refractivity contribution in [3.05, 3.63) is 156 Å². The molecule has 20 heteroatoms.